The molecule has 1 aromatic carbocycles. The molecule has 0 aliphatic carbocycles. The predicted molar refractivity (Wildman–Crippen MR) is 62.7 cm³/mol. The smallest absolute Gasteiger partial charge is 0.242 e. The first-order valence-corrected chi connectivity index (χ1v) is 6.47. The zero-order valence-electron chi connectivity index (χ0n) is 9.71. The summed E-state index contributed by atoms with van der Waals surface area (Å²) < 4.78 is 24.8. The van der Waals surface area contributed by atoms with E-state index in [4.69, 9.17) is 0 Å². The largest absolute Gasteiger partial charge is 0.393 e. The van der Waals surface area contributed by atoms with Gasteiger partial charge in [-0.2, -0.15) is 0 Å². The molecule has 0 aromatic heterocycles. The van der Waals surface area contributed by atoms with Crippen LogP contribution >= 0.6 is 0 Å². The van der Waals surface area contributed by atoms with Gasteiger partial charge in [0.2, 0.25) is 10.0 Å². The topological polar surface area (TPSA) is 57.6 Å². The molecule has 1 rings (SSSR count). The fraction of sp³-hybridized carbons (Fsp3) is 0.455. The number of benzene rings is 1. The molecule has 0 radical (unpaired) electrons. The Morgan fingerprint density at radius 3 is 2.50 bits per heavy atom. The fourth-order valence-electron chi connectivity index (χ4n) is 1.38. The number of hydrogen-bond donors (Lipinski definition) is 1. The van der Waals surface area contributed by atoms with Crippen LogP contribution in [-0.2, 0) is 16.4 Å². The maximum Gasteiger partial charge on any atom is 0.242 e. The molecule has 1 N–H and O–H groups in total. The van der Waals surface area contributed by atoms with Gasteiger partial charge < -0.3 is 5.11 Å². The van der Waals surface area contributed by atoms with E-state index in [1.807, 2.05) is 0 Å². The minimum Gasteiger partial charge on any atom is -0.393 e. The molecular weight excluding hydrogens is 226 g/mol. The van der Waals surface area contributed by atoms with Crippen LogP contribution in [0.4, 0.5) is 0 Å². The molecule has 0 saturated heterocycles. The van der Waals surface area contributed by atoms with Crippen molar-refractivity contribution in [2.24, 2.45) is 0 Å². The second-order valence-electron chi connectivity index (χ2n) is 3.99. The summed E-state index contributed by atoms with van der Waals surface area (Å²) in [4.78, 5) is 0.260. The Balaban J connectivity index is 3.08. The third-order valence-electron chi connectivity index (χ3n) is 2.21. The highest BCUT2D eigenvalue weighted by Gasteiger charge is 2.17. The molecule has 0 heterocycles. The van der Waals surface area contributed by atoms with Gasteiger partial charge >= 0.3 is 0 Å². The average Bonchev–Trinajstić information content (AvgIpc) is 2.16. The minimum atomic E-state index is -3.38. The van der Waals surface area contributed by atoms with Crippen LogP contribution in [0.5, 0.6) is 0 Å². The summed E-state index contributed by atoms with van der Waals surface area (Å²) in [6.45, 7) is 1.67. The van der Waals surface area contributed by atoms with Gasteiger partial charge in [-0.3, -0.25) is 0 Å². The minimum absolute atomic E-state index is 0.260. The summed E-state index contributed by atoms with van der Waals surface area (Å²) in [7, 11) is -0.390. The van der Waals surface area contributed by atoms with E-state index in [1.165, 1.54) is 18.4 Å². The van der Waals surface area contributed by atoms with E-state index >= 15 is 0 Å². The third-order valence-corrected chi connectivity index (χ3v) is 4.02. The van der Waals surface area contributed by atoms with Crippen LogP contribution < -0.4 is 0 Å². The Morgan fingerprint density at radius 1 is 1.38 bits per heavy atom. The molecule has 0 bridgehead atoms. The van der Waals surface area contributed by atoms with E-state index in [0.29, 0.717) is 6.42 Å². The molecule has 90 valence electrons. The quantitative estimate of drug-likeness (QED) is 0.853. The van der Waals surface area contributed by atoms with E-state index in [-0.39, 0.29) is 4.90 Å². The molecule has 0 amide bonds. The zero-order valence-corrected chi connectivity index (χ0v) is 10.5. The molecule has 0 aliphatic rings. The lowest BCUT2D eigenvalue weighted by Crippen LogP contribution is -2.22. The second-order valence-corrected chi connectivity index (χ2v) is 6.14. The molecule has 1 aromatic rings. The first-order chi connectivity index (χ1) is 7.34. The molecule has 5 heteroatoms. The lowest BCUT2D eigenvalue weighted by molar-refractivity contribution is 0.195. The Hall–Kier alpha value is -0.910. The number of hydrogen-bond acceptors (Lipinski definition) is 3. The van der Waals surface area contributed by atoms with E-state index in [1.54, 1.807) is 31.2 Å². The fourth-order valence-corrected chi connectivity index (χ4v) is 2.36. The van der Waals surface area contributed by atoms with E-state index < -0.39 is 16.1 Å². The molecule has 0 saturated carbocycles. The van der Waals surface area contributed by atoms with Gasteiger partial charge in [0.1, 0.15) is 0 Å². The molecule has 0 aliphatic heterocycles. The van der Waals surface area contributed by atoms with Gasteiger partial charge in [-0.05, 0) is 31.0 Å². The van der Waals surface area contributed by atoms with Crippen molar-refractivity contribution in [1.82, 2.24) is 4.31 Å². The highest BCUT2D eigenvalue weighted by molar-refractivity contribution is 7.89. The monoisotopic (exact) mass is 243 g/mol. The van der Waals surface area contributed by atoms with Gasteiger partial charge in [0.25, 0.3) is 0 Å². The van der Waals surface area contributed by atoms with E-state index in [9.17, 15) is 13.5 Å². The lowest BCUT2D eigenvalue weighted by atomic mass is 10.1. The van der Waals surface area contributed by atoms with Gasteiger partial charge in [0.15, 0.2) is 0 Å². The molecule has 16 heavy (non-hydrogen) atoms. The van der Waals surface area contributed by atoms with Crippen LogP contribution in [0.1, 0.15) is 12.5 Å². The van der Waals surface area contributed by atoms with Gasteiger partial charge in [0, 0.05) is 14.1 Å². The third kappa shape index (κ3) is 3.04. The first-order valence-electron chi connectivity index (χ1n) is 5.03. The van der Waals surface area contributed by atoms with Crippen LogP contribution in [-0.4, -0.2) is 38.0 Å². The summed E-state index contributed by atoms with van der Waals surface area (Å²) in [6.07, 6.45) is -0.0196. The summed E-state index contributed by atoms with van der Waals surface area (Å²) in [6, 6.07) is 6.65. The molecule has 4 nitrogen and oxygen atoms in total. The SMILES string of the molecule is CC(O)Cc1cccc(S(=O)(=O)N(C)C)c1. The maximum atomic E-state index is 11.8. The standard InChI is InChI=1S/C11H17NO3S/c1-9(13)7-10-5-4-6-11(8-10)16(14,15)12(2)3/h4-6,8-9,13H,7H2,1-3H3. The highest BCUT2D eigenvalue weighted by atomic mass is 32.2. The first kappa shape index (κ1) is 13.2. The van der Waals surface area contributed by atoms with Crippen molar-refractivity contribution in [3.63, 3.8) is 0 Å². The molecular formula is C11H17NO3S. The van der Waals surface area contributed by atoms with Crippen molar-refractivity contribution in [2.75, 3.05) is 14.1 Å². The average molecular weight is 243 g/mol. The molecule has 0 spiro atoms. The predicted octanol–water partition coefficient (Wildman–Crippen LogP) is 0.860. The summed E-state index contributed by atoms with van der Waals surface area (Å²) >= 11 is 0. The van der Waals surface area contributed by atoms with Gasteiger partial charge in [-0.15, -0.1) is 0 Å². The number of aliphatic hydroxyl groups is 1. The Morgan fingerprint density at radius 2 is 2.00 bits per heavy atom. The van der Waals surface area contributed by atoms with Gasteiger partial charge in [0.05, 0.1) is 11.0 Å². The second kappa shape index (κ2) is 4.95. The number of sulfonamides is 1. The summed E-state index contributed by atoms with van der Waals surface area (Å²) in [5.41, 5.74) is 0.818. The van der Waals surface area contributed by atoms with Gasteiger partial charge in [-0.1, -0.05) is 12.1 Å². The van der Waals surface area contributed by atoms with Crippen molar-refractivity contribution in [2.45, 2.75) is 24.3 Å². The number of nitrogens with zero attached hydrogens (tertiary/aromatic N) is 1. The zero-order chi connectivity index (χ0) is 12.3. The van der Waals surface area contributed by atoms with E-state index in [0.717, 1.165) is 5.56 Å². The van der Waals surface area contributed by atoms with Crippen LogP contribution in [0.3, 0.4) is 0 Å². The highest BCUT2D eigenvalue weighted by Crippen LogP contribution is 2.15. The summed E-state index contributed by atoms with van der Waals surface area (Å²) in [5.74, 6) is 0. The lowest BCUT2D eigenvalue weighted by Gasteiger charge is -2.12. The Kier molecular flexibility index (Phi) is 4.07. The summed E-state index contributed by atoms with van der Waals surface area (Å²) in [5, 5.41) is 9.25. The number of rotatable bonds is 4. The molecule has 1 unspecified atom stereocenters. The Bertz CT molecular complexity index is 452. The van der Waals surface area contributed by atoms with Crippen molar-refractivity contribution >= 4 is 10.0 Å². The Labute approximate surface area is 96.6 Å². The van der Waals surface area contributed by atoms with Crippen molar-refractivity contribution in [1.29, 1.82) is 0 Å². The number of aliphatic hydroxyl groups excluding tert-OH is 1. The van der Waals surface area contributed by atoms with Crippen molar-refractivity contribution in [3.8, 4) is 0 Å². The van der Waals surface area contributed by atoms with Crippen LogP contribution in [0.2, 0.25) is 0 Å². The van der Waals surface area contributed by atoms with Crippen molar-refractivity contribution in [3.05, 3.63) is 29.8 Å². The molecule has 1 atom stereocenters. The van der Waals surface area contributed by atoms with Crippen LogP contribution in [0.15, 0.2) is 29.2 Å². The van der Waals surface area contributed by atoms with E-state index in [2.05, 4.69) is 0 Å². The van der Waals surface area contributed by atoms with Crippen LogP contribution in [0.25, 0.3) is 0 Å². The molecule has 0 fully saturated rings. The van der Waals surface area contributed by atoms with Gasteiger partial charge in [-0.25, -0.2) is 12.7 Å². The van der Waals surface area contributed by atoms with Crippen molar-refractivity contribution < 1.29 is 13.5 Å². The maximum absolute atomic E-state index is 11.8. The normalized spacial score (nSPS) is 14.1. The van der Waals surface area contributed by atoms with Crippen LogP contribution in [0, 0.1) is 0 Å².